The van der Waals surface area contributed by atoms with Crippen molar-refractivity contribution in [2.45, 2.75) is 44.9 Å². The van der Waals surface area contributed by atoms with Gasteiger partial charge in [-0.3, -0.25) is 4.79 Å². The first-order valence-corrected chi connectivity index (χ1v) is 13.8. The van der Waals surface area contributed by atoms with Crippen LogP contribution in [-0.4, -0.2) is 58.8 Å². The largest absolute Gasteiger partial charge is 0.497 e. The molecule has 1 aromatic heterocycles. The summed E-state index contributed by atoms with van der Waals surface area (Å²) in [7, 11) is 1.52. The topological polar surface area (TPSA) is 120 Å². The van der Waals surface area contributed by atoms with E-state index in [-0.39, 0.29) is 36.4 Å². The summed E-state index contributed by atoms with van der Waals surface area (Å²) < 4.78 is 22.7. The summed E-state index contributed by atoms with van der Waals surface area (Å²) in [5.41, 5.74) is 0.127. The lowest BCUT2D eigenvalue weighted by Gasteiger charge is -2.29. The number of benzene rings is 3. The van der Waals surface area contributed by atoms with Crippen LogP contribution in [0.2, 0.25) is 0 Å². The van der Waals surface area contributed by atoms with E-state index in [1.165, 1.54) is 7.11 Å². The highest BCUT2D eigenvalue weighted by Crippen LogP contribution is 2.33. The third kappa shape index (κ3) is 6.44. The Bertz CT molecular complexity index is 1630. The molecule has 0 unspecified atom stereocenters. The van der Waals surface area contributed by atoms with Gasteiger partial charge in [-0.25, -0.2) is 14.6 Å². The summed E-state index contributed by atoms with van der Waals surface area (Å²) in [4.78, 5) is 47.9. The van der Waals surface area contributed by atoms with Crippen LogP contribution < -0.4 is 15.0 Å². The quantitative estimate of drug-likeness (QED) is 0.218. The van der Waals surface area contributed by atoms with E-state index in [2.05, 4.69) is 9.97 Å². The Morgan fingerprint density at radius 1 is 1.05 bits per heavy atom. The Hall–Kier alpha value is -4.70. The minimum atomic E-state index is -1.34. The van der Waals surface area contributed by atoms with Gasteiger partial charge in [0.15, 0.2) is 5.60 Å². The molecule has 4 aromatic rings. The van der Waals surface area contributed by atoms with Gasteiger partial charge in [-0.1, -0.05) is 42.5 Å². The molecule has 0 bridgehead atoms. The zero-order chi connectivity index (χ0) is 29.7. The SMILES string of the molecule is COc1ccc(OC(=O)C(C)(C)OC[C@@H]2CCCN2C(=O)OCc2ccccc2)c(-c2nc3ccccc3c(=O)[nH]2)c1. The molecule has 218 valence electrons. The molecule has 1 aliphatic rings. The van der Waals surface area contributed by atoms with Crippen molar-refractivity contribution in [2.75, 3.05) is 20.3 Å². The van der Waals surface area contributed by atoms with E-state index in [9.17, 15) is 14.4 Å². The van der Waals surface area contributed by atoms with Crippen molar-refractivity contribution in [3.8, 4) is 22.9 Å². The average Bonchev–Trinajstić information content (AvgIpc) is 3.48. The minimum Gasteiger partial charge on any atom is -0.497 e. The van der Waals surface area contributed by atoms with Crippen LogP contribution in [-0.2, 0) is 20.9 Å². The lowest BCUT2D eigenvalue weighted by atomic mass is 10.1. The summed E-state index contributed by atoms with van der Waals surface area (Å²) in [5, 5.41) is 0.446. The van der Waals surface area contributed by atoms with Crippen LogP contribution >= 0.6 is 0 Å². The number of esters is 1. The smallest absolute Gasteiger partial charge is 0.410 e. The van der Waals surface area contributed by atoms with E-state index in [1.54, 1.807) is 61.2 Å². The maximum absolute atomic E-state index is 13.4. The van der Waals surface area contributed by atoms with Crippen molar-refractivity contribution in [2.24, 2.45) is 0 Å². The average molecular weight is 572 g/mol. The third-order valence-electron chi connectivity index (χ3n) is 7.20. The number of carbonyl (C=O) groups is 2. The van der Waals surface area contributed by atoms with Gasteiger partial charge in [0.05, 0.1) is 36.2 Å². The van der Waals surface area contributed by atoms with E-state index in [4.69, 9.17) is 18.9 Å². The van der Waals surface area contributed by atoms with Gasteiger partial charge in [0.1, 0.15) is 23.9 Å². The molecule has 5 rings (SSSR count). The summed E-state index contributed by atoms with van der Waals surface area (Å²) in [5.74, 6) is 0.266. The van der Waals surface area contributed by atoms with Crippen molar-refractivity contribution in [1.29, 1.82) is 0 Å². The summed E-state index contributed by atoms with van der Waals surface area (Å²) >= 11 is 0. The number of carbonyl (C=O) groups excluding carboxylic acids is 2. The maximum atomic E-state index is 13.4. The van der Waals surface area contributed by atoms with E-state index >= 15 is 0 Å². The number of aromatic nitrogens is 2. The predicted octanol–water partition coefficient (Wildman–Crippen LogP) is 5.10. The molecule has 0 aliphatic carbocycles. The van der Waals surface area contributed by atoms with Crippen molar-refractivity contribution in [1.82, 2.24) is 14.9 Å². The molecule has 1 saturated heterocycles. The predicted molar refractivity (Wildman–Crippen MR) is 156 cm³/mol. The fourth-order valence-electron chi connectivity index (χ4n) is 4.76. The van der Waals surface area contributed by atoms with Crippen LogP contribution in [0.15, 0.2) is 77.6 Å². The summed E-state index contributed by atoms with van der Waals surface area (Å²) in [6.45, 7) is 4.10. The molecule has 3 aromatic carbocycles. The van der Waals surface area contributed by atoms with Gasteiger partial charge in [0.2, 0.25) is 0 Å². The Morgan fingerprint density at radius 3 is 2.60 bits per heavy atom. The maximum Gasteiger partial charge on any atom is 0.410 e. The monoisotopic (exact) mass is 571 g/mol. The van der Waals surface area contributed by atoms with E-state index < -0.39 is 17.7 Å². The van der Waals surface area contributed by atoms with Crippen molar-refractivity contribution < 1.29 is 28.5 Å². The first-order valence-electron chi connectivity index (χ1n) is 13.8. The molecule has 0 saturated carbocycles. The van der Waals surface area contributed by atoms with Crippen LogP contribution in [0.3, 0.4) is 0 Å². The highest BCUT2D eigenvalue weighted by molar-refractivity contribution is 5.84. The van der Waals surface area contributed by atoms with E-state index in [1.807, 2.05) is 30.3 Å². The van der Waals surface area contributed by atoms with Crippen LogP contribution in [0.4, 0.5) is 4.79 Å². The number of hydrogen-bond acceptors (Lipinski definition) is 8. The normalized spacial score (nSPS) is 15.0. The second-order valence-corrected chi connectivity index (χ2v) is 10.5. The number of nitrogens with one attached hydrogen (secondary N) is 1. The highest BCUT2D eigenvalue weighted by Gasteiger charge is 2.36. The Balaban J connectivity index is 1.27. The van der Waals surface area contributed by atoms with Gasteiger partial charge in [-0.2, -0.15) is 0 Å². The van der Waals surface area contributed by atoms with E-state index in [0.717, 1.165) is 18.4 Å². The number of nitrogens with zero attached hydrogens (tertiary/aromatic N) is 2. The fourth-order valence-corrected chi connectivity index (χ4v) is 4.76. The van der Waals surface area contributed by atoms with Gasteiger partial charge < -0.3 is 28.8 Å². The standard InChI is InChI=1S/C32H33N3O7/c1-32(2,41-20-22-12-9-17-35(22)31(38)40-19-21-10-5-4-6-11-21)30(37)42-27-16-15-23(39-3)18-25(27)28-33-26-14-8-7-13-24(26)29(36)34-28/h4-8,10-11,13-16,18,22H,9,12,17,19-20H2,1-3H3,(H,33,34,36)/t22-/m0/s1. The van der Waals surface area contributed by atoms with Crippen molar-refractivity contribution in [3.63, 3.8) is 0 Å². The van der Waals surface area contributed by atoms with Crippen LogP contribution in [0, 0.1) is 0 Å². The summed E-state index contributed by atoms with van der Waals surface area (Å²) in [6, 6.07) is 21.1. The molecular formula is C32H33N3O7. The highest BCUT2D eigenvalue weighted by atomic mass is 16.6. The van der Waals surface area contributed by atoms with E-state index in [0.29, 0.717) is 28.8 Å². The van der Waals surface area contributed by atoms with Crippen molar-refractivity contribution in [3.05, 3.63) is 88.7 Å². The van der Waals surface area contributed by atoms with Crippen LogP contribution in [0.5, 0.6) is 11.5 Å². The number of H-pyrrole nitrogens is 1. The molecule has 1 aliphatic heterocycles. The molecular weight excluding hydrogens is 538 g/mol. The number of methoxy groups -OCH3 is 1. The van der Waals surface area contributed by atoms with Gasteiger partial charge in [0.25, 0.3) is 5.56 Å². The molecule has 1 fully saturated rings. The fraction of sp³-hybridized carbons (Fsp3) is 0.312. The van der Waals surface area contributed by atoms with Gasteiger partial charge in [-0.05, 0) is 62.6 Å². The molecule has 1 atom stereocenters. The Labute approximate surface area is 243 Å². The molecule has 1 N–H and O–H groups in total. The van der Waals surface area contributed by atoms with Crippen LogP contribution in [0.25, 0.3) is 22.3 Å². The minimum absolute atomic E-state index is 0.136. The lowest BCUT2D eigenvalue weighted by molar-refractivity contribution is -0.159. The number of aromatic amines is 1. The van der Waals surface area contributed by atoms with Crippen molar-refractivity contribution >= 4 is 23.0 Å². The number of para-hydroxylation sites is 1. The number of rotatable bonds is 9. The van der Waals surface area contributed by atoms with Gasteiger partial charge >= 0.3 is 12.1 Å². The molecule has 0 radical (unpaired) electrons. The zero-order valence-corrected chi connectivity index (χ0v) is 23.8. The third-order valence-corrected chi connectivity index (χ3v) is 7.20. The molecule has 1 amide bonds. The Kier molecular flexibility index (Phi) is 8.53. The molecule has 10 nitrogen and oxygen atoms in total. The number of hydrogen-bond donors (Lipinski definition) is 1. The second kappa shape index (κ2) is 12.4. The summed E-state index contributed by atoms with van der Waals surface area (Å²) in [6.07, 6.45) is 1.13. The number of fused-ring (bicyclic) bond motifs is 1. The molecule has 42 heavy (non-hydrogen) atoms. The number of ether oxygens (including phenoxy) is 4. The second-order valence-electron chi connectivity index (χ2n) is 10.5. The molecule has 0 spiro atoms. The Morgan fingerprint density at radius 2 is 1.81 bits per heavy atom. The molecule has 10 heteroatoms. The first-order chi connectivity index (χ1) is 20.2. The van der Waals surface area contributed by atoms with Gasteiger partial charge in [-0.15, -0.1) is 0 Å². The molecule has 2 heterocycles. The lowest BCUT2D eigenvalue weighted by Crippen LogP contribution is -2.44. The van der Waals surface area contributed by atoms with Gasteiger partial charge in [0, 0.05) is 6.54 Å². The number of likely N-dealkylation sites (tertiary alicyclic amines) is 1. The van der Waals surface area contributed by atoms with Crippen LogP contribution in [0.1, 0.15) is 32.3 Å². The number of amides is 1. The first kappa shape index (κ1) is 28.8. The zero-order valence-electron chi connectivity index (χ0n) is 23.8.